The maximum absolute atomic E-state index is 5.74. The third kappa shape index (κ3) is 4.10. The molecule has 0 bridgehead atoms. The quantitative estimate of drug-likeness (QED) is 0.667. The van der Waals surface area contributed by atoms with Gasteiger partial charge in [0, 0.05) is 6.61 Å². The van der Waals surface area contributed by atoms with Crippen molar-refractivity contribution >= 4 is 0 Å². The summed E-state index contributed by atoms with van der Waals surface area (Å²) in [7, 11) is 0. The van der Waals surface area contributed by atoms with Gasteiger partial charge in [-0.15, -0.1) is 0 Å². The fraction of sp³-hybridized carbons (Fsp3) is 1.00. The van der Waals surface area contributed by atoms with E-state index in [1.807, 2.05) is 0 Å². The Bertz CT molecular complexity index is 117. The predicted molar refractivity (Wildman–Crippen MR) is 55.7 cm³/mol. The zero-order valence-electron chi connectivity index (χ0n) is 8.80. The summed E-state index contributed by atoms with van der Waals surface area (Å²) in [4.78, 5) is 0. The molecule has 1 rings (SSSR count). The molecule has 0 spiro atoms. The lowest BCUT2D eigenvalue weighted by Crippen LogP contribution is -2.22. The molecule has 0 radical (unpaired) electrons. The van der Waals surface area contributed by atoms with Crippen LogP contribution < -0.4 is 5.73 Å². The molecular weight excluding hydrogens is 162 g/mol. The molecule has 1 saturated carbocycles. The predicted octanol–water partition coefficient (Wildman–Crippen LogP) is 2.32. The van der Waals surface area contributed by atoms with E-state index in [1.54, 1.807) is 0 Å². The molecule has 0 saturated heterocycles. The highest BCUT2D eigenvalue weighted by Gasteiger charge is 2.19. The van der Waals surface area contributed by atoms with Crippen molar-refractivity contribution in [3.63, 3.8) is 0 Å². The summed E-state index contributed by atoms with van der Waals surface area (Å²) in [5.74, 6) is 0.967. The topological polar surface area (TPSA) is 35.2 Å². The standard InChI is InChI=1S/C11H23NO/c1-2-10-4-6-11(7-5-10)13-9-3-8-12/h10-11H,2-9,12H2,1H3. The second-order valence-electron chi connectivity index (χ2n) is 4.06. The molecule has 0 aromatic rings. The minimum Gasteiger partial charge on any atom is -0.378 e. The SMILES string of the molecule is CCC1CCC(OCCCN)CC1. The van der Waals surface area contributed by atoms with Crippen LogP contribution >= 0.6 is 0 Å². The van der Waals surface area contributed by atoms with E-state index in [0.717, 1.165) is 25.5 Å². The highest BCUT2D eigenvalue weighted by atomic mass is 16.5. The smallest absolute Gasteiger partial charge is 0.0575 e. The van der Waals surface area contributed by atoms with Crippen LogP contribution in [0.5, 0.6) is 0 Å². The van der Waals surface area contributed by atoms with E-state index in [-0.39, 0.29) is 0 Å². The van der Waals surface area contributed by atoms with Crippen molar-refractivity contribution in [2.24, 2.45) is 11.7 Å². The molecule has 2 nitrogen and oxygen atoms in total. The van der Waals surface area contributed by atoms with Gasteiger partial charge in [-0.1, -0.05) is 13.3 Å². The molecular formula is C11H23NO. The summed E-state index contributed by atoms with van der Waals surface area (Å²) >= 11 is 0. The first-order chi connectivity index (χ1) is 6.36. The van der Waals surface area contributed by atoms with Crippen molar-refractivity contribution in [3.05, 3.63) is 0 Å². The fourth-order valence-corrected chi connectivity index (χ4v) is 2.04. The number of hydrogen-bond acceptors (Lipinski definition) is 2. The highest BCUT2D eigenvalue weighted by molar-refractivity contribution is 4.71. The van der Waals surface area contributed by atoms with Gasteiger partial charge in [0.2, 0.25) is 0 Å². The van der Waals surface area contributed by atoms with Crippen LogP contribution in [0.4, 0.5) is 0 Å². The summed E-state index contributed by atoms with van der Waals surface area (Å²) in [5, 5.41) is 0. The second kappa shape index (κ2) is 6.39. The molecule has 0 aromatic carbocycles. The molecule has 0 aromatic heterocycles. The summed E-state index contributed by atoms with van der Waals surface area (Å²) in [5.41, 5.74) is 5.41. The zero-order valence-corrected chi connectivity index (χ0v) is 8.80. The molecule has 2 heteroatoms. The van der Waals surface area contributed by atoms with Crippen molar-refractivity contribution in [1.29, 1.82) is 0 Å². The minimum atomic E-state index is 0.536. The third-order valence-electron chi connectivity index (χ3n) is 3.07. The minimum absolute atomic E-state index is 0.536. The van der Waals surface area contributed by atoms with Gasteiger partial charge in [0.15, 0.2) is 0 Å². The average Bonchev–Trinajstić information content (AvgIpc) is 2.19. The maximum atomic E-state index is 5.74. The van der Waals surface area contributed by atoms with Crippen LogP contribution in [-0.2, 0) is 4.74 Å². The zero-order chi connectivity index (χ0) is 9.52. The molecule has 0 atom stereocenters. The molecule has 1 aliphatic rings. The van der Waals surface area contributed by atoms with Crippen LogP contribution in [0.1, 0.15) is 45.4 Å². The Hall–Kier alpha value is -0.0800. The number of ether oxygens (including phenoxy) is 1. The van der Waals surface area contributed by atoms with Crippen molar-refractivity contribution in [3.8, 4) is 0 Å². The van der Waals surface area contributed by atoms with Gasteiger partial charge >= 0.3 is 0 Å². The van der Waals surface area contributed by atoms with Crippen LogP contribution in [0, 0.1) is 5.92 Å². The summed E-state index contributed by atoms with van der Waals surface area (Å²) in [6.45, 7) is 3.91. The Labute approximate surface area is 81.8 Å². The van der Waals surface area contributed by atoms with Crippen LogP contribution in [0.25, 0.3) is 0 Å². The monoisotopic (exact) mass is 185 g/mol. The lowest BCUT2D eigenvalue weighted by atomic mass is 9.86. The van der Waals surface area contributed by atoms with Gasteiger partial charge in [-0.3, -0.25) is 0 Å². The van der Waals surface area contributed by atoms with E-state index in [2.05, 4.69) is 6.92 Å². The van der Waals surface area contributed by atoms with Crippen molar-refractivity contribution < 1.29 is 4.74 Å². The summed E-state index contributed by atoms with van der Waals surface area (Å²) < 4.78 is 5.74. The molecule has 0 amide bonds. The number of nitrogens with two attached hydrogens (primary N) is 1. The Kier molecular flexibility index (Phi) is 5.40. The van der Waals surface area contributed by atoms with E-state index in [4.69, 9.17) is 10.5 Å². The van der Waals surface area contributed by atoms with Gasteiger partial charge < -0.3 is 10.5 Å². The first-order valence-electron chi connectivity index (χ1n) is 5.68. The number of hydrogen-bond donors (Lipinski definition) is 1. The highest BCUT2D eigenvalue weighted by Crippen LogP contribution is 2.28. The fourth-order valence-electron chi connectivity index (χ4n) is 2.04. The van der Waals surface area contributed by atoms with Gasteiger partial charge in [-0.2, -0.15) is 0 Å². The van der Waals surface area contributed by atoms with Crippen molar-refractivity contribution in [1.82, 2.24) is 0 Å². The molecule has 13 heavy (non-hydrogen) atoms. The van der Waals surface area contributed by atoms with Crippen molar-refractivity contribution in [2.75, 3.05) is 13.2 Å². The lowest BCUT2D eigenvalue weighted by molar-refractivity contribution is 0.0174. The van der Waals surface area contributed by atoms with E-state index >= 15 is 0 Å². The first kappa shape index (κ1) is 11.0. The van der Waals surface area contributed by atoms with E-state index in [0.29, 0.717) is 6.10 Å². The largest absolute Gasteiger partial charge is 0.378 e. The van der Waals surface area contributed by atoms with Crippen molar-refractivity contribution in [2.45, 2.75) is 51.6 Å². The van der Waals surface area contributed by atoms with Gasteiger partial charge in [0.1, 0.15) is 0 Å². The van der Waals surface area contributed by atoms with Crippen LogP contribution in [-0.4, -0.2) is 19.3 Å². The Morgan fingerprint density at radius 3 is 2.46 bits per heavy atom. The third-order valence-corrected chi connectivity index (χ3v) is 3.07. The Balaban J connectivity index is 2.03. The molecule has 78 valence electrons. The molecule has 1 fully saturated rings. The molecule has 1 aliphatic carbocycles. The van der Waals surface area contributed by atoms with Gasteiger partial charge in [0.25, 0.3) is 0 Å². The molecule has 0 heterocycles. The number of rotatable bonds is 5. The van der Waals surface area contributed by atoms with Crippen LogP contribution in [0.15, 0.2) is 0 Å². The van der Waals surface area contributed by atoms with E-state index in [9.17, 15) is 0 Å². The Morgan fingerprint density at radius 2 is 1.92 bits per heavy atom. The van der Waals surface area contributed by atoms with E-state index in [1.165, 1.54) is 32.1 Å². The Morgan fingerprint density at radius 1 is 1.23 bits per heavy atom. The summed E-state index contributed by atoms with van der Waals surface area (Å²) in [6, 6.07) is 0. The maximum Gasteiger partial charge on any atom is 0.0575 e. The van der Waals surface area contributed by atoms with Crippen LogP contribution in [0.3, 0.4) is 0 Å². The average molecular weight is 185 g/mol. The second-order valence-corrected chi connectivity index (χ2v) is 4.06. The first-order valence-corrected chi connectivity index (χ1v) is 5.68. The normalized spacial score (nSPS) is 29.1. The van der Waals surface area contributed by atoms with Crippen LogP contribution in [0.2, 0.25) is 0 Å². The molecule has 2 N–H and O–H groups in total. The van der Waals surface area contributed by atoms with Gasteiger partial charge in [-0.05, 0) is 44.6 Å². The molecule has 0 unspecified atom stereocenters. The lowest BCUT2D eigenvalue weighted by Gasteiger charge is -2.27. The van der Waals surface area contributed by atoms with E-state index < -0.39 is 0 Å². The molecule has 0 aliphatic heterocycles. The summed E-state index contributed by atoms with van der Waals surface area (Å²) in [6.07, 6.45) is 8.15. The van der Waals surface area contributed by atoms with Gasteiger partial charge in [-0.25, -0.2) is 0 Å². The van der Waals surface area contributed by atoms with Gasteiger partial charge in [0.05, 0.1) is 6.10 Å².